The summed E-state index contributed by atoms with van der Waals surface area (Å²) in [5, 5.41) is 0. The zero-order valence-electron chi connectivity index (χ0n) is 52.6. The fourth-order valence-corrected chi connectivity index (χ4v) is 9.95. The van der Waals surface area contributed by atoms with Gasteiger partial charge in [0.2, 0.25) is 0 Å². The predicted octanol–water partition coefficient (Wildman–Crippen LogP) is 23.7. The molecule has 0 aliphatic carbocycles. The highest BCUT2D eigenvalue weighted by molar-refractivity contribution is 5.71. The molecule has 0 bridgehead atoms. The molecule has 0 saturated carbocycles. The molecular weight excluding hydrogens is 973 g/mol. The van der Waals surface area contributed by atoms with Crippen LogP contribution in [0.3, 0.4) is 0 Å². The third-order valence-electron chi connectivity index (χ3n) is 15.2. The normalized spacial score (nSPS) is 12.5. The van der Waals surface area contributed by atoms with Crippen molar-refractivity contribution in [1.82, 2.24) is 0 Å². The van der Waals surface area contributed by atoms with E-state index < -0.39 is 6.10 Å². The maximum Gasteiger partial charge on any atom is 0.306 e. The van der Waals surface area contributed by atoms with E-state index in [1.54, 1.807) is 0 Å². The molecule has 0 fully saturated rings. The molecule has 1 unspecified atom stereocenters. The number of rotatable bonds is 63. The molecule has 0 rings (SSSR count). The molecule has 458 valence electrons. The lowest BCUT2D eigenvalue weighted by Crippen LogP contribution is -2.30. The molecule has 6 nitrogen and oxygen atoms in total. The van der Waals surface area contributed by atoms with Crippen molar-refractivity contribution < 1.29 is 28.6 Å². The fraction of sp³-hybridized carbons (Fsp3) is 0.795. The Labute approximate surface area is 491 Å². The van der Waals surface area contributed by atoms with E-state index in [-0.39, 0.29) is 31.1 Å². The number of carbonyl (C=O) groups is 3. The van der Waals surface area contributed by atoms with E-state index in [4.69, 9.17) is 14.2 Å². The molecule has 1 atom stereocenters. The van der Waals surface area contributed by atoms with Crippen molar-refractivity contribution in [1.29, 1.82) is 0 Å². The Kier molecular flexibility index (Phi) is 64.7. The summed E-state index contributed by atoms with van der Waals surface area (Å²) in [7, 11) is 0. The summed E-state index contributed by atoms with van der Waals surface area (Å²) in [4.78, 5) is 38.4. The van der Waals surface area contributed by atoms with Crippen molar-refractivity contribution in [3.8, 4) is 0 Å². The second-order valence-electron chi connectivity index (χ2n) is 23.1. The van der Waals surface area contributed by atoms with Crippen LogP contribution in [0.1, 0.15) is 355 Å². The standard InChI is InChI=1S/C73H130O6/c1-4-7-10-13-16-19-22-25-28-31-33-35-36-38-39-42-45-48-51-54-57-60-63-66-72(75)78-69-70(68-77-71(74)65-62-59-56-53-50-47-44-41-30-27-24-21-18-15-12-9-6-3)79-73(76)67-64-61-58-55-52-49-46-43-40-37-34-32-29-26-23-20-17-14-11-8-5-2/h18,21,23,26-27,30-34,40,43,70H,4-17,19-20,22,24-25,28-29,35-39,41-42,44-69H2,1-3H3/b21-18-,26-23-,30-27-,33-31-,34-32-,43-40-. The summed E-state index contributed by atoms with van der Waals surface area (Å²) >= 11 is 0. The average molecular weight is 1100 g/mol. The van der Waals surface area contributed by atoms with E-state index in [2.05, 4.69) is 93.7 Å². The molecule has 0 aliphatic rings. The minimum Gasteiger partial charge on any atom is -0.462 e. The molecule has 0 heterocycles. The van der Waals surface area contributed by atoms with E-state index in [0.29, 0.717) is 19.3 Å². The Bertz CT molecular complexity index is 1450. The Balaban J connectivity index is 4.38. The summed E-state index contributed by atoms with van der Waals surface area (Å²) in [5.74, 6) is -0.885. The number of carbonyl (C=O) groups excluding carboxylic acids is 3. The summed E-state index contributed by atoms with van der Waals surface area (Å²) in [5.41, 5.74) is 0. The van der Waals surface area contributed by atoms with Crippen LogP contribution in [-0.4, -0.2) is 37.2 Å². The van der Waals surface area contributed by atoms with E-state index in [9.17, 15) is 14.4 Å². The summed E-state index contributed by atoms with van der Waals surface area (Å²) in [6.45, 7) is 6.63. The van der Waals surface area contributed by atoms with Crippen molar-refractivity contribution >= 4 is 17.9 Å². The molecule has 0 aromatic heterocycles. The third-order valence-corrected chi connectivity index (χ3v) is 15.2. The molecule has 0 amide bonds. The van der Waals surface area contributed by atoms with Gasteiger partial charge in [-0.2, -0.15) is 0 Å². The first kappa shape index (κ1) is 75.8. The zero-order chi connectivity index (χ0) is 57.1. The van der Waals surface area contributed by atoms with Gasteiger partial charge in [0, 0.05) is 19.3 Å². The van der Waals surface area contributed by atoms with Gasteiger partial charge in [0.25, 0.3) is 0 Å². The van der Waals surface area contributed by atoms with Gasteiger partial charge in [0.05, 0.1) is 0 Å². The van der Waals surface area contributed by atoms with E-state index in [1.165, 1.54) is 218 Å². The van der Waals surface area contributed by atoms with Crippen LogP contribution >= 0.6 is 0 Å². The molecule has 0 aromatic rings. The van der Waals surface area contributed by atoms with Crippen LogP contribution in [0.4, 0.5) is 0 Å². The number of allylic oxidation sites excluding steroid dienone is 12. The highest BCUT2D eigenvalue weighted by atomic mass is 16.6. The molecule has 0 saturated heterocycles. The second kappa shape index (κ2) is 67.4. The van der Waals surface area contributed by atoms with E-state index >= 15 is 0 Å². The first-order valence-corrected chi connectivity index (χ1v) is 34.4. The third kappa shape index (κ3) is 65.5. The minimum absolute atomic E-state index is 0.0821. The van der Waals surface area contributed by atoms with E-state index in [0.717, 1.165) is 96.3 Å². The molecular formula is C73H130O6. The van der Waals surface area contributed by atoms with Gasteiger partial charge in [-0.1, -0.05) is 293 Å². The predicted molar refractivity (Wildman–Crippen MR) is 344 cm³/mol. The number of esters is 3. The lowest BCUT2D eigenvalue weighted by Gasteiger charge is -2.18. The summed E-state index contributed by atoms with van der Waals surface area (Å²) < 4.78 is 17.0. The fourth-order valence-electron chi connectivity index (χ4n) is 9.95. The SMILES string of the molecule is CCCCC/C=C\C/C=C\CCCCCCCCCC(=O)OCC(COC(=O)CCCCCCCCCCCCC/C=C\CCCCCCCCCC)OC(=O)CCCCCCCC/C=C\C/C=C\C/C=C\CCCCCCC. The zero-order valence-corrected chi connectivity index (χ0v) is 52.6. The van der Waals surface area contributed by atoms with Gasteiger partial charge in [-0.25, -0.2) is 0 Å². The monoisotopic (exact) mass is 1100 g/mol. The van der Waals surface area contributed by atoms with Crippen LogP contribution in [0.15, 0.2) is 72.9 Å². The van der Waals surface area contributed by atoms with Crippen molar-refractivity contribution in [2.24, 2.45) is 0 Å². The van der Waals surface area contributed by atoms with Crippen molar-refractivity contribution in [2.45, 2.75) is 361 Å². The van der Waals surface area contributed by atoms with Crippen molar-refractivity contribution in [3.63, 3.8) is 0 Å². The highest BCUT2D eigenvalue weighted by Gasteiger charge is 2.19. The Morgan fingerprint density at radius 2 is 0.456 bits per heavy atom. The number of unbranched alkanes of at least 4 members (excludes halogenated alkanes) is 40. The quantitative estimate of drug-likeness (QED) is 0.0261. The molecule has 0 spiro atoms. The lowest BCUT2D eigenvalue weighted by atomic mass is 10.0. The molecule has 0 radical (unpaired) electrons. The van der Waals surface area contributed by atoms with Gasteiger partial charge in [-0.3, -0.25) is 14.4 Å². The van der Waals surface area contributed by atoms with Gasteiger partial charge < -0.3 is 14.2 Å². The van der Waals surface area contributed by atoms with Crippen LogP contribution < -0.4 is 0 Å². The van der Waals surface area contributed by atoms with Gasteiger partial charge in [-0.15, -0.1) is 0 Å². The highest BCUT2D eigenvalue weighted by Crippen LogP contribution is 2.17. The maximum absolute atomic E-state index is 12.9. The van der Waals surface area contributed by atoms with Gasteiger partial charge in [0.15, 0.2) is 6.10 Å². The van der Waals surface area contributed by atoms with Gasteiger partial charge in [-0.05, 0) is 116 Å². The molecule has 0 N–H and O–H groups in total. The smallest absolute Gasteiger partial charge is 0.306 e. The minimum atomic E-state index is -0.788. The van der Waals surface area contributed by atoms with Crippen LogP contribution in [0.2, 0.25) is 0 Å². The topological polar surface area (TPSA) is 78.9 Å². The largest absolute Gasteiger partial charge is 0.462 e. The van der Waals surface area contributed by atoms with Crippen LogP contribution in [0.5, 0.6) is 0 Å². The Morgan fingerprint density at radius 3 is 0.747 bits per heavy atom. The van der Waals surface area contributed by atoms with Gasteiger partial charge >= 0.3 is 17.9 Å². The van der Waals surface area contributed by atoms with E-state index in [1.807, 2.05) is 0 Å². The van der Waals surface area contributed by atoms with Crippen LogP contribution in [0, 0.1) is 0 Å². The summed E-state index contributed by atoms with van der Waals surface area (Å²) in [6, 6.07) is 0. The molecule has 0 aromatic carbocycles. The molecule has 79 heavy (non-hydrogen) atoms. The van der Waals surface area contributed by atoms with Crippen LogP contribution in [0.25, 0.3) is 0 Å². The average Bonchev–Trinajstić information content (AvgIpc) is 3.45. The number of hydrogen-bond acceptors (Lipinski definition) is 6. The molecule has 6 heteroatoms. The number of ether oxygens (including phenoxy) is 3. The Hall–Kier alpha value is -3.15. The lowest BCUT2D eigenvalue weighted by molar-refractivity contribution is -0.167. The van der Waals surface area contributed by atoms with Gasteiger partial charge in [0.1, 0.15) is 13.2 Å². The van der Waals surface area contributed by atoms with Crippen molar-refractivity contribution in [3.05, 3.63) is 72.9 Å². The van der Waals surface area contributed by atoms with Crippen molar-refractivity contribution in [2.75, 3.05) is 13.2 Å². The number of hydrogen-bond donors (Lipinski definition) is 0. The first-order chi connectivity index (χ1) is 39.0. The summed E-state index contributed by atoms with van der Waals surface area (Å²) in [6.07, 6.45) is 87.7. The van der Waals surface area contributed by atoms with Crippen LogP contribution in [-0.2, 0) is 28.6 Å². The first-order valence-electron chi connectivity index (χ1n) is 34.4. The maximum atomic E-state index is 12.9. The second-order valence-corrected chi connectivity index (χ2v) is 23.1. The molecule has 0 aliphatic heterocycles. The Morgan fingerprint density at radius 1 is 0.253 bits per heavy atom.